The average molecular weight is 490 g/mol. The number of nitrogens with one attached hydrogen (secondary N) is 2. The molecular formula is C25H39N5O5. The van der Waals surface area contributed by atoms with Crippen molar-refractivity contribution in [1.29, 1.82) is 0 Å². The molecule has 0 saturated carbocycles. The number of hydrogen-bond donors (Lipinski definition) is 5. The van der Waals surface area contributed by atoms with Crippen molar-refractivity contribution in [1.82, 2.24) is 15.5 Å². The van der Waals surface area contributed by atoms with Crippen molar-refractivity contribution in [2.45, 2.75) is 76.5 Å². The third-order valence-electron chi connectivity index (χ3n) is 6.27. The molecule has 0 aromatic heterocycles. The zero-order valence-corrected chi connectivity index (χ0v) is 20.6. The van der Waals surface area contributed by atoms with Crippen LogP contribution in [0.25, 0.3) is 0 Å². The van der Waals surface area contributed by atoms with Crippen LogP contribution in [0.1, 0.15) is 51.5 Å². The summed E-state index contributed by atoms with van der Waals surface area (Å²) in [5, 5.41) is 15.0. The van der Waals surface area contributed by atoms with E-state index in [1.165, 1.54) is 4.90 Å². The second kappa shape index (κ2) is 13.8. The highest BCUT2D eigenvalue weighted by Gasteiger charge is 2.39. The molecule has 1 aromatic carbocycles. The third kappa shape index (κ3) is 8.32. The molecule has 2 rings (SSSR count). The fraction of sp³-hybridized carbons (Fsp3) is 0.600. The van der Waals surface area contributed by atoms with E-state index in [2.05, 4.69) is 10.6 Å². The Balaban J connectivity index is 2.10. The minimum atomic E-state index is -1.05. The number of nitrogens with two attached hydrogens (primary N) is 2. The summed E-state index contributed by atoms with van der Waals surface area (Å²) in [6, 6.07) is 5.82. The highest BCUT2D eigenvalue weighted by molar-refractivity contribution is 5.94. The first kappa shape index (κ1) is 28.3. The Labute approximate surface area is 206 Å². The third-order valence-corrected chi connectivity index (χ3v) is 6.27. The summed E-state index contributed by atoms with van der Waals surface area (Å²) in [5.41, 5.74) is 12.6. The molecule has 4 unspecified atom stereocenters. The van der Waals surface area contributed by atoms with Gasteiger partial charge in [-0.2, -0.15) is 0 Å². The first-order valence-electron chi connectivity index (χ1n) is 12.3. The molecule has 1 fully saturated rings. The number of carboxylic acid groups (broad SMARTS) is 1. The lowest BCUT2D eigenvalue weighted by Crippen LogP contribution is -2.58. The van der Waals surface area contributed by atoms with Crippen LogP contribution >= 0.6 is 0 Å². The van der Waals surface area contributed by atoms with E-state index in [4.69, 9.17) is 11.5 Å². The van der Waals surface area contributed by atoms with E-state index in [1.54, 1.807) is 13.8 Å². The van der Waals surface area contributed by atoms with E-state index >= 15 is 0 Å². The van der Waals surface area contributed by atoms with E-state index in [-0.39, 0.29) is 5.92 Å². The molecule has 1 aromatic rings. The smallest absolute Gasteiger partial charge is 0.326 e. The normalized spacial score (nSPS) is 18.1. The van der Waals surface area contributed by atoms with Crippen LogP contribution in [0.5, 0.6) is 0 Å². The summed E-state index contributed by atoms with van der Waals surface area (Å²) in [4.78, 5) is 52.1. The van der Waals surface area contributed by atoms with Crippen LogP contribution in [0.2, 0.25) is 0 Å². The van der Waals surface area contributed by atoms with E-state index < -0.39 is 47.9 Å². The predicted molar refractivity (Wildman–Crippen MR) is 132 cm³/mol. The van der Waals surface area contributed by atoms with Gasteiger partial charge >= 0.3 is 5.97 Å². The van der Waals surface area contributed by atoms with Crippen LogP contribution in [-0.2, 0) is 25.6 Å². The molecule has 0 bridgehead atoms. The van der Waals surface area contributed by atoms with Gasteiger partial charge in [0.2, 0.25) is 17.7 Å². The Morgan fingerprint density at radius 3 is 2.37 bits per heavy atom. The molecule has 1 aliphatic heterocycles. The second-order valence-corrected chi connectivity index (χ2v) is 9.40. The Morgan fingerprint density at radius 1 is 1.09 bits per heavy atom. The molecule has 1 heterocycles. The number of benzene rings is 1. The van der Waals surface area contributed by atoms with Gasteiger partial charge in [0.05, 0.1) is 6.04 Å². The van der Waals surface area contributed by atoms with E-state index in [0.717, 1.165) is 5.56 Å². The van der Waals surface area contributed by atoms with Crippen LogP contribution in [0.3, 0.4) is 0 Å². The maximum atomic E-state index is 13.2. The molecule has 10 heteroatoms. The first-order valence-corrected chi connectivity index (χ1v) is 12.3. The van der Waals surface area contributed by atoms with Gasteiger partial charge in [-0.25, -0.2) is 4.79 Å². The van der Waals surface area contributed by atoms with Gasteiger partial charge in [-0.15, -0.1) is 0 Å². The Bertz CT molecular complexity index is 863. The number of carbonyl (C=O) groups excluding carboxylic acids is 3. The zero-order valence-electron chi connectivity index (χ0n) is 20.6. The first-order chi connectivity index (χ1) is 16.6. The zero-order chi connectivity index (χ0) is 26.0. The maximum Gasteiger partial charge on any atom is 0.326 e. The molecule has 0 aliphatic carbocycles. The lowest BCUT2D eigenvalue weighted by atomic mass is 10.00. The fourth-order valence-corrected chi connectivity index (χ4v) is 4.23. The SMILES string of the molecule is CC(C)C(NC(=O)C(CCCCN)NC(=O)C(N)Cc1ccccc1)C(=O)N1CCCC1C(=O)O. The summed E-state index contributed by atoms with van der Waals surface area (Å²) in [5.74, 6) is -2.71. The van der Waals surface area contributed by atoms with Crippen molar-refractivity contribution in [2.75, 3.05) is 13.1 Å². The minimum absolute atomic E-state index is 0.276. The fourth-order valence-electron chi connectivity index (χ4n) is 4.23. The molecule has 1 saturated heterocycles. The molecule has 194 valence electrons. The van der Waals surface area contributed by atoms with E-state index in [9.17, 15) is 24.3 Å². The standard InChI is InChI=1S/C25H39N5O5/c1-16(2)21(24(33)30-14-8-12-20(30)25(34)35)29-23(32)19(11-6-7-13-26)28-22(31)18(27)15-17-9-4-3-5-10-17/h3-5,9-10,16,18-21H,6-8,11-15,26-27H2,1-2H3,(H,28,31)(H,29,32)(H,34,35). The topological polar surface area (TPSA) is 168 Å². The molecule has 10 nitrogen and oxygen atoms in total. The van der Waals surface area contributed by atoms with Gasteiger partial charge in [-0.1, -0.05) is 44.2 Å². The van der Waals surface area contributed by atoms with Crippen LogP contribution in [0.15, 0.2) is 30.3 Å². The number of likely N-dealkylation sites (tertiary alicyclic amines) is 1. The quantitative estimate of drug-likeness (QED) is 0.250. The van der Waals surface area contributed by atoms with Crippen molar-refractivity contribution in [3.05, 3.63) is 35.9 Å². The van der Waals surface area contributed by atoms with Crippen LogP contribution in [-0.4, -0.2) is 71.0 Å². The predicted octanol–water partition coefficient (Wildman–Crippen LogP) is 0.387. The number of hydrogen-bond acceptors (Lipinski definition) is 6. The van der Waals surface area contributed by atoms with Gasteiger partial charge in [-0.05, 0) is 56.6 Å². The van der Waals surface area contributed by atoms with Gasteiger partial charge < -0.3 is 32.1 Å². The molecule has 1 aliphatic rings. The van der Waals surface area contributed by atoms with Gasteiger partial charge in [-0.3, -0.25) is 14.4 Å². The number of unbranched alkanes of at least 4 members (excludes halogenated alkanes) is 1. The highest BCUT2D eigenvalue weighted by atomic mass is 16.4. The monoisotopic (exact) mass is 489 g/mol. The number of aliphatic carboxylic acids is 1. The number of nitrogens with zero attached hydrogens (tertiary/aromatic N) is 1. The largest absolute Gasteiger partial charge is 0.480 e. The van der Waals surface area contributed by atoms with Crippen LogP contribution in [0, 0.1) is 5.92 Å². The van der Waals surface area contributed by atoms with Crippen molar-refractivity contribution in [3.8, 4) is 0 Å². The summed E-state index contributed by atoms with van der Waals surface area (Å²) < 4.78 is 0. The van der Waals surface area contributed by atoms with Gasteiger partial charge in [0, 0.05) is 6.54 Å². The van der Waals surface area contributed by atoms with Crippen molar-refractivity contribution in [3.63, 3.8) is 0 Å². The maximum absolute atomic E-state index is 13.2. The lowest BCUT2D eigenvalue weighted by Gasteiger charge is -2.31. The molecular weight excluding hydrogens is 450 g/mol. The Hall–Kier alpha value is -2.98. The van der Waals surface area contributed by atoms with Crippen LogP contribution in [0.4, 0.5) is 0 Å². The Morgan fingerprint density at radius 2 is 1.77 bits per heavy atom. The van der Waals surface area contributed by atoms with E-state index in [0.29, 0.717) is 51.6 Å². The van der Waals surface area contributed by atoms with Gasteiger partial charge in [0.25, 0.3) is 0 Å². The molecule has 7 N–H and O–H groups in total. The minimum Gasteiger partial charge on any atom is -0.480 e. The van der Waals surface area contributed by atoms with Crippen molar-refractivity contribution in [2.24, 2.45) is 17.4 Å². The van der Waals surface area contributed by atoms with Crippen LogP contribution < -0.4 is 22.1 Å². The van der Waals surface area contributed by atoms with E-state index in [1.807, 2.05) is 30.3 Å². The van der Waals surface area contributed by atoms with Gasteiger partial charge in [0.1, 0.15) is 18.1 Å². The molecule has 0 radical (unpaired) electrons. The summed E-state index contributed by atoms with van der Waals surface area (Å²) in [7, 11) is 0. The molecule has 3 amide bonds. The average Bonchev–Trinajstić information content (AvgIpc) is 3.32. The van der Waals surface area contributed by atoms with Gasteiger partial charge in [0.15, 0.2) is 0 Å². The van der Waals surface area contributed by atoms with Crippen molar-refractivity contribution >= 4 is 23.7 Å². The number of carbonyl (C=O) groups is 4. The molecule has 4 atom stereocenters. The lowest BCUT2D eigenvalue weighted by molar-refractivity contribution is -0.150. The Kier molecular flexibility index (Phi) is 11.1. The number of amides is 3. The van der Waals surface area contributed by atoms with Crippen molar-refractivity contribution < 1.29 is 24.3 Å². The summed E-state index contributed by atoms with van der Waals surface area (Å²) in [6.45, 7) is 4.35. The second-order valence-electron chi connectivity index (χ2n) is 9.40. The number of carboxylic acids is 1. The summed E-state index contributed by atoms with van der Waals surface area (Å²) in [6.07, 6.45) is 2.93. The highest BCUT2D eigenvalue weighted by Crippen LogP contribution is 2.20. The molecule has 35 heavy (non-hydrogen) atoms. The number of rotatable bonds is 13. The molecule has 0 spiro atoms. The summed E-state index contributed by atoms with van der Waals surface area (Å²) >= 11 is 0.